The monoisotopic (exact) mass is 234 g/mol. The van der Waals surface area contributed by atoms with Crippen molar-refractivity contribution in [1.82, 2.24) is 0 Å². The summed E-state index contributed by atoms with van der Waals surface area (Å²) in [5, 5.41) is 0. The standard InChI is InChI=1S/C13H14O2S/c1-3-10-4-5-11(16-10)8-12(14)13-9(2)6-7-15-13/h4-7H,3,8H2,1-2H3. The van der Waals surface area contributed by atoms with Crippen LogP contribution in [0.4, 0.5) is 0 Å². The predicted molar refractivity (Wildman–Crippen MR) is 65.2 cm³/mol. The number of aryl methyl sites for hydroxylation is 2. The molecule has 84 valence electrons. The van der Waals surface area contributed by atoms with Gasteiger partial charge in [0.2, 0.25) is 5.78 Å². The quantitative estimate of drug-likeness (QED) is 0.756. The lowest BCUT2D eigenvalue weighted by molar-refractivity contribution is 0.0966. The van der Waals surface area contributed by atoms with E-state index in [1.807, 2.05) is 19.1 Å². The molecule has 0 aromatic carbocycles. The first-order valence-corrected chi connectivity index (χ1v) is 6.17. The minimum atomic E-state index is 0.0620. The molecule has 2 nitrogen and oxygen atoms in total. The van der Waals surface area contributed by atoms with Crippen molar-refractivity contribution >= 4 is 17.1 Å². The Kier molecular flexibility index (Phi) is 3.25. The highest BCUT2D eigenvalue weighted by atomic mass is 32.1. The SMILES string of the molecule is CCc1ccc(CC(=O)c2occc2C)s1. The molecule has 3 heteroatoms. The summed E-state index contributed by atoms with van der Waals surface area (Å²) >= 11 is 1.70. The summed E-state index contributed by atoms with van der Waals surface area (Å²) in [6.45, 7) is 4.01. The number of carbonyl (C=O) groups is 1. The van der Waals surface area contributed by atoms with Gasteiger partial charge in [-0.05, 0) is 37.1 Å². The summed E-state index contributed by atoms with van der Waals surface area (Å²) in [5.74, 6) is 0.554. The topological polar surface area (TPSA) is 30.2 Å². The second-order valence-electron chi connectivity index (χ2n) is 3.75. The summed E-state index contributed by atoms with van der Waals surface area (Å²) in [7, 11) is 0. The highest BCUT2D eigenvalue weighted by molar-refractivity contribution is 7.12. The average molecular weight is 234 g/mol. The van der Waals surface area contributed by atoms with Gasteiger partial charge in [0, 0.05) is 16.2 Å². The highest BCUT2D eigenvalue weighted by Crippen LogP contribution is 2.20. The van der Waals surface area contributed by atoms with E-state index in [2.05, 4.69) is 13.0 Å². The Balaban J connectivity index is 2.11. The van der Waals surface area contributed by atoms with Crippen LogP contribution in [0.1, 0.15) is 32.8 Å². The predicted octanol–water partition coefficient (Wildman–Crippen LogP) is 3.64. The normalized spacial score (nSPS) is 10.6. The third-order valence-electron chi connectivity index (χ3n) is 2.52. The first-order chi connectivity index (χ1) is 7.70. The number of rotatable bonds is 4. The fourth-order valence-electron chi connectivity index (χ4n) is 1.60. The maximum atomic E-state index is 11.9. The largest absolute Gasteiger partial charge is 0.461 e. The molecule has 0 aliphatic carbocycles. The molecule has 0 spiro atoms. The van der Waals surface area contributed by atoms with Gasteiger partial charge in [-0.1, -0.05) is 6.92 Å². The Morgan fingerprint density at radius 2 is 2.06 bits per heavy atom. The third-order valence-corrected chi connectivity index (χ3v) is 3.75. The Hall–Kier alpha value is -1.35. The molecule has 16 heavy (non-hydrogen) atoms. The molecule has 2 aromatic rings. The van der Waals surface area contributed by atoms with E-state index in [0.29, 0.717) is 12.2 Å². The Bertz CT molecular complexity index is 494. The zero-order valence-electron chi connectivity index (χ0n) is 9.45. The molecular formula is C13H14O2S. The zero-order valence-corrected chi connectivity index (χ0v) is 10.3. The average Bonchev–Trinajstić information content (AvgIpc) is 2.86. The minimum absolute atomic E-state index is 0.0620. The van der Waals surface area contributed by atoms with E-state index in [1.54, 1.807) is 17.6 Å². The van der Waals surface area contributed by atoms with E-state index < -0.39 is 0 Å². The van der Waals surface area contributed by atoms with Crippen LogP contribution < -0.4 is 0 Å². The van der Waals surface area contributed by atoms with Crippen LogP contribution in [0.15, 0.2) is 28.9 Å². The fraction of sp³-hybridized carbons (Fsp3) is 0.308. The third kappa shape index (κ3) is 2.25. The van der Waals surface area contributed by atoms with E-state index in [1.165, 1.54) is 4.88 Å². The van der Waals surface area contributed by atoms with Crippen molar-refractivity contribution < 1.29 is 9.21 Å². The molecule has 0 aliphatic rings. The molecule has 0 saturated heterocycles. The van der Waals surface area contributed by atoms with Crippen molar-refractivity contribution in [2.75, 3.05) is 0 Å². The van der Waals surface area contributed by atoms with Gasteiger partial charge in [0.05, 0.1) is 6.26 Å². The molecule has 0 amide bonds. The Morgan fingerprint density at radius 3 is 2.62 bits per heavy atom. The summed E-state index contributed by atoms with van der Waals surface area (Å²) in [4.78, 5) is 14.3. The van der Waals surface area contributed by atoms with Gasteiger partial charge >= 0.3 is 0 Å². The van der Waals surface area contributed by atoms with Crippen LogP contribution >= 0.6 is 11.3 Å². The maximum absolute atomic E-state index is 11.9. The molecule has 0 saturated carbocycles. The van der Waals surface area contributed by atoms with E-state index >= 15 is 0 Å². The minimum Gasteiger partial charge on any atom is -0.461 e. The van der Waals surface area contributed by atoms with Crippen LogP contribution in [0.5, 0.6) is 0 Å². The van der Waals surface area contributed by atoms with Crippen LogP contribution in [-0.4, -0.2) is 5.78 Å². The first-order valence-electron chi connectivity index (χ1n) is 5.35. The number of hydrogen-bond acceptors (Lipinski definition) is 3. The van der Waals surface area contributed by atoms with Crippen molar-refractivity contribution in [3.05, 3.63) is 45.5 Å². The highest BCUT2D eigenvalue weighted by Gasteiger charge is 2.14. The molecule has 2 aromatic heterocycles. The van der Waals surface area contributed by atoms with E-state index in [4.69, 9.17) is 4.42 Å². The lowest BCUT2D eigenvalue weighted by atomic mass is 10.1. The second kappa shape index (κ2) is 4.66. The molecule has 0 N–H and O–H groups in total. The number of carbonyl (C=O) groups excluding carboxylic acids is 1. The summed E-state index contributed by atoms with van der Waals surface area (Å²) in [6, 6.07) is 5.93. The maximum Gasteiger partial charge on any atom is 0.203 e. The van der Waals surface area contributed by atoms with Gasteiger partial charge in [-0.15, -0.1) is 11.3 Å². The number of ketones is 1. The molecule has 2 heterocycles. The van der Waals surface area contributed by atoms with Crippen molar-refractivity contribution in [2.24, 2.45) is 0 Å². The van der Waals surface area contributed by atoms with Gasteiger partial charge in [-0.3, -0.25) is 4.79 Å². The van der Waals surface area contributed by atoms with E-state index in [0.717, 1.165) is 16.9 Å². The first kappa shape index (κ1) is 11.1. The van der Waals surface area contributed by atoms with Gasteiger partial charge in [0.1, 0.15) is 0 Å². The Labute approximate surface area is 98.9 Å². The van der Waals surface area contributed by atoms with Gasteiger partial charge in [-0.2, -0.15) is 0 Å². The van der Waals surface area contributed by atoms with Gasteiger partial charge in [0.25, 0.3) is 0 Å². The number of Topliss-reactive ketones (excluding diaryl/α,β-unsaturated/α-hetero) is 1. The lowest BCUT2D eigenvalue weighted by Crippen LogP contribution is -2.02. The van der Waals surface area contributed by atoms with Crippen LogP contribution in [0.2, 0.25) is 0 Å². The molecular weight excluding hydrogens is 220 g/mol. The van der Waals surface area contributed by atoms with Crippen molar-refractivity contribution in [3.8, 4) is 0 Å². The van der Waals surface area contributed by atoms with Gasteiger partial charge < -0.3 is 4.42 Å². The van der Waals surface area contributed by atoms with Crippen molar-refractivity contribution in [3.63, 3.8) is 0 Å². The zero-order chi connectivity index (χ0) is 11.5. The number of thiophene rings is 1. The lowest BCUT2D eigenvalue weighted by Gasteiger charge is -1.96. The van der Waals surface area contributed by atoms with Crippen LogP contribution in [-0.2, 0) is 12.8 Å². The summed E-state index contributed by atoms with van der Waals surface area (Å²) in [5.41, 5.74) is 0.914. The molecule has 0 aliphatic heterocycles. The Morgan fingerprint density at radius 1 is 1.31 bits per heavy atom. The summed E-state index contributed by atoms with van der Waals surface area (Å²) in [6.07, 6.45) is 3.03. The molecule has 0 unspecified atom stereocenters. The summed E-state index contributed by atoms with van der Waals surface area (Å²) < 4.78 is 5.19. The van der Waals surface area contributed by atoms with Gasteiger partial charge in [0.15, 0.2) is 5.76 Å². The van der Waals surface area contributed by atoms with Crippen LogP contribution in [0.25, 0.3) is 0 Å². The molecule has 0 radical (unpaired) electrons. The number of furan rings is 1. The van der Waals surface area contributed by atoms with Crippen LogP contribution in [0, 0.1) is 6.92 Å². The molecule has 0 fully saturated rings. The van der Waals surface area contributed by atoms with E-state index in [9.17, 15) is 4.79 Å². The van der Waals surface area contributed by atoms with Crippen LogP contribution in [0.3, 0.4) is 0 Å². The smallest absolute Gasteiger partial charge is 0.203 e. The molecule has 2 rings (SSSR count). The van der Waals surface area contributed by atoms with Crippen molar-refractivity contribution in [1.29, 1.82) is 0 Å². The molecule has 0 bridgehead atoms. The van der Waals surface area contributed by atoms with E-state index in [-0.39, 0.29) is 5.78 Å². The van der Waals surface area contributed by atoms with Gasteiger partial charge in [-0.25, -0.2) is 0 Å². The number of hydrogen-bond donors (Lipinski definition) is 0. The van der Waals surface area contributed by atoms with Crippen molar-refractivity contribution in [2.45, 2.75) is 26.7 Å². The second-order valence-corrected chi connectivity index (χ2v) is 5.01. The molecule has 0 atom stereocenters. The fourth-order valence-corrected chi connectivity index (χ4v) is 2.56.